The van der Waals surface area contributed by atoms with E-state index in [4.69, 9.17) is 18.9 Å². The second-order valence-electron chi connectivity index (χ2n) is 9.59. The molecule has 2 atom stereocenters. The van der Waals surface area contributed by atoms with Gasteiger partial charge in [-0.15, -0.1) is 0 Å². The van der Waals surface area contributed by atoms with Crippen LogP contribution < -0.4 is 18.9 Å². The van der Waals surface area contributed by atoms with E-state index in [-0.39, 0.29) is 23.9 Å². The van der Waals surface area contributed by atoms with Crippen molar-refractivity contribution in [3.05, 3.63) is 47.5 Å². The first-order chi connectivity index (χ1) is 17.7. The van der Waals surface area contributed by atoms with Crippen molar-refractivity contribution in [1.82, 2.24) is 9.80 Å². The first-order valence-corrected chi connectivity index (χ1v) is 13.0. The summed E-state index contributed by atoms with van der Waals surface area (Å²) in [5, 5.41) is 0. The minimum atomic E-state index is 0.170. The number of amides is 2. The summed E-state index contributed by atoms with van der Waals surface area (Å²) >= 11 is 0. The Kier molecular flexibility index (Phi) is 10.1. The lowest BCUT2D eigenvalue weighted by Crippen LogP contribution is -2.36. The Morgan fingerprint density at radius 2 is 1.16 bits per heavy atom. The first-order valence-electron chi connectivity index (χ1n) is 13.0. The zero-order valence-corrected chi connectivity index (χ0v) is 22.9. The highest BCUT2D eigenvalue weighted by atomic mass is 16.7. The summed E-state index contributed by atoms with van der Waals surface area (Å²) in [5.74, 6) is 3.56. The fourth-order valence-corrected chi connectivity index (χ4v) is 4.22. The van der Waals surface area contributed by atoms with E-state index in [1.54, 1.807) is 4.90 Å². The maximum atomic E-state index is 11.8. The molecule has 202 valence electrons. The summed E-state index contributed by atoms with van der Waals surface area (Å²) in [6.45, 7) is 8.61. The van der Waals surface area contributed by atoms with Crippen LogP contribution in [-0.4, -0.2) is 61.4 Å². The molecule has 37 heavy (non-hydrogen) atoms. The number of ether oxygens (including phenoxy) is 4. The van der Waals surface area contributed by atoms with Gasteiger partial charge in [0.25, 0.3) is 0 Å². The van der Waals surface area contributed by atoms with E-state index in [9.17, 15) is 9.59 Å². The number of rotatable bonds is 9. The van der Waals surface area contributed by atoms with E-state index < -0.39 is 0 Å². The van der Waals surface area contributed by atoms with Crippen LogP contribution in [-0.2, 0) is 22.4 Å². The molecule has 0 saturated heterocycles. The van der Waals surface area contributed by atoms with E-state index in [0.717, 1.165) is 53.4 Å². The van der Waals surface area contributed by atoms with Gasteiger partial charge < -0.3 is 28.7 Å². The van der Waals surface area contributed by atoms with Gasteiger partial charge in [0, 0.05) is 39.0 Å². The van der Waals surface area contributed by atoms with Crippen LogP contribution in [0.4, 0.5) is 0 Å². The van der Waals surface area contributed by atoms with Crippen LogP contribution in [0.25, 0.3) is 0 Å². The average molecular weight is 513 g/mol. The zero-order valence-electron chi connectivity index (χ0n) is 22.9. The molecular weight excluding hydrogens is 472 g/mol. The molecular formula is C29H40N2O6. The van der Waals surface area contributed by atoms with E-state index in [1.165, 1.54) is 0 Å². The van der Waals surface area contributed by atoms with Crippen LogP contribution in [0.3, 0.4) is 0 Å². The SMILES string of the molecule is CCC(=O)N(C)C(C)Cc1ccc2c(c1)OCO2.CCCC(=O)N(C)C(C)Cc1ccc2c(c1)OCO2. The third kappa shape index (κ3) is 7.54. The number of hydrogen-bond donors (Lipinski definition) is 0. The van der Waals surface area contributed by atoms with Crippen molar-refractivity contribution in [2.24, 2.45) is 0 Å². The van der Waals surface area contributed by atoms with Crippen LogP contribution in [0.5, 0.6) is 23.0 Å². The molecule has 8 nitrogen and oxygen atoms in total. The largest absolute Gasteiger partial charge is 0.454 e. The van der Waals surface area contributed by atoms with E-state index in [1.807, 2.05) is 69.2 Å². The topological polar surface area (TPSA) is 77.5 Å². The van der Waals surface area contributed by atoms with Crippen LogP contribution in [0.1, 0.15) is 58.1 Å². The fraction of sp³-hybridized carbons (Fsp3) is 0.517. The summed E-state index contributed by atoms with van der Waals surface area (Å²) < 4.78 is 21.3. The van der Waals surface area contributed by atoms with Gasteiger partial charge in [0.2, 0.25) is 25.4 Å². The van der Waals surface area contributed by atoms with Crippen molar-refractivity contribution in [3.8, 4) is 23.0 Å². The number of fused-ring (bicyclic) bond motifs is 2. The van der Waals surface area contributed by atoms with E-state index in [0.29, 0.717) is 26.4 Å². The molecule has 0 radical (unpaired) electrons. The number of nitrogens with zero attached hydrogens (tertiary/aromatic N) is 2. The highest BCUT2D eigenvalue weighted by Gasteiger charge is 2.19. The highest BCUT2D eigenvalue weighted by Crippen LogP contribution is 2.34. The third-order valence-electron chi connectivity index (χ3n) is 6.81. The molecule has 0 aromatic heterocycles. The minimum Gasteiger partial charge on any atom is -0.454 e. The van der Waals surface area contributed by atoms with Gasteiger partial charge in [-0.25, -0.2) is 0 Å². The molecule has 2 aromatic carbocycles. The van der Waals surface area contributed by atoms with Crippen molar-refractivity contribution in [3.63, 3.8) is 0 Å². The monoisotopic (exact) mass is 512 g/mol. The van der Waals surface area contributed by atoms with Crippen LogP contribution in [0.2, 0.25) is 0 Å². The molecule has 2 aromatic rings. The van der Waals surface area contributed by atoms with Gasteiger partial charge in [-0.2, -0.15) is 0 Å². The van der Waals surface area contributed by atoms with Gasteiger partial charge in [0.15, 0.2) is 23.0 Å². The molecule has 0 saturated carbocycles. The van der Waals surface area contributed by atoms with Crippen molar-refractivity contribution < 1.29 is 28.5 Å². The molecule has 2 unspecified atom stereocenters. The summed E-state index contributed by atoms with van der Waals surface area (Å²) in [7, 11) is 3.72. The number of likely N-dealkylation sites (N-methyl/N-ethyl adjacent to an activating group) is 2. The quantitative estimate of drug-likeness (QED) is 0.480. The number of benzene rings is 2. The summed E-state index contributed by atoms with van der Waals surface area (Å²) in [6.07, 6.45) is 3.69. The lowest BCUT2D eigenvalue weighted by atomic mass is 10.1. The molecule has 2 aliphatic heterocycles. The standard InChI is InChI=1S/C15H21NO3.C14H19NO3/c1-4-5-15(17)16(3)11(2)8-12-6-7-13-14(9-12)19-10-18-13;1-4-14(16)15(3)10(2)7-11-5-6-12-13(8-11)18-9-17-12/h6-7,9,11H,4-5,8,10H2,1-3H3;5-6,8,10H,4,7,9H2,1-3H3. The first kappa shape index (κ1) is 28.2. The Hall–Kier alpha value is -3.42. The Morgan fingerprint density at radius 3 is 1.59 bits per heavy atom. The van der Waals surface area contributed by atoms with E-state index in [2.05, 4.69) is 13.8 Å². The molecule has 2 heterocycles. The predicted octanol–water partition coefficient (Wildman–Crippen LogP) is 4.82. The van der Waals surface area contributed by atoms with Gasteiger partial charge in [-0.3, -0.25) is 9.59 Å². The lowest BCUT2D eigenvalue weighted by Gasteiger charge is -2.25. The van der Waals surface area contributed by atoms with Gasteiger partial charge >= 0.3 is 0 Å². The van der Waals surface area contributed by atoms with Gasteiger partial charge in [0.05, 0.1) is 0 Å². The van der Waals surface area contributed by atoms with Crippen molar-refractivity contribution in [2.75, 3.05) is 27.7 Å². The molecule has 8 heteroatoms. The molecule has 2 aliphatic rings. The third-order valence-corrected chi connectivity index (χ3v) is 6.81. The van der Waals surface area contributed by atoms with Crippen LogP contribution in [0, 0.1) is 0 Å². The van der Waals surface area contributed by atoms with Gasteiger partial charge in [0.1, 0.15) is 0 Å². The fourth-order valence-electron chi connectivity index (χ4n) is 4.22. The Labute approximate surface area is 220 Å². The van der Waals surface area contributed by atoms with Crippen molar-refractivity contribution in [1.29, 1.82) is 0 Å². The minimum absolute atomic E-state index is 0.170. The average Bonchev–Trinajstić information content (AvgIpc) is 3.56. The molecule has 0 aliphatic carbocycles. The lowest BCUT2D eigenvalue weighted by molar-refractivity contribution is -0.132. The summed E-state index contributed by atoms with van der Waals surface area (Å²) in [5.41, 5.74) is 2.32. The molecule has 0 N–H and O–H groups in total. The second kappa shape index (κ2) is 13.2. The van der Waals surface area contributed by atoms with Crippen molar-refractivity contribution >= 4 is 11.8 Å². The number of carbonyl (C=O) groups is 2. The predicted molar refractivity (Wildman–Crippen MR) is 142 cm³/mol. The molecule has 2 amide bonds. The summed E-state index contributed by atoms with van der Waals surface area (Å²) in [6, 6.07) is 12.2. The highest BCUT2D eigenvalue weighted by molar-refractivity contribution is 5.76. The Bertz CT molecular complexity index is 1070. The van der Waals surface area contributed by atoms with E-state index >= 15 is 0 Å². The Morgan fingerprint density at radius 1 is 0.730 bits per heavy atom. The van der Waals surface area contributed by atoms with Crippen LogP contribution in [0.15, 0.2) is 36.4 Å². The van der Waals surface area contributed by atoms with Gasteiger partial charge in [-0.05, 0) is 68.5 Å². The number of carbonyl (C=O) groups excluding carboxylic acids is 2. The molecule has 0 spiro atoms. The molecule has 4 rings (SSSR count). The number of hydrogen-bond acceptors (Lipinski definition) is 6. The maximum absolute atomic E-state index is 11.8. The molecule has 0 bridgehead atoms. The smallest absolute Gasteiger partial charge is 0.231 e. The maximum Gasteiger partial charge on any atom is 0.231 e. The van der Waals surface area contributed by atoms with Gasteiger partial charge in [-0.1, -0.05) is 26.0 Å². The zero-order chi connectivity index (χ0) is 26.9. The summed E-state index contributed by atoms with van der Waals surface area (Å²) in [4.78, 5) is 27.1. The second-order valence-corrected chi connectivity index (χ2v) is 9.59. The normalized spacial score (nSPS) is 14.3. The van der Waals surface area contributed by atoms with Crippen LogP contribution >= 0.6 is 0 Å². The molecule has 0 fully saturated rings. The van der Waals surface area contributed by atoms with Crippen molar-refractivity contribution in [2.45, 2.75) is 71.9 Å². The Balaban J connectivity index is 0.000000206.